The van der Waals surface area contributed by atoms with Crippen molar-refractivity contribution < 1.29 is 0 Å². The molecule has 1 aromatic carbocycles. The van der Waals surface area contributed by atoms with E-state index < -0.39 is 0 Å². The van der Waals surface area contributed by atoms with Crippen molar-refractivity contribution in [2.24, 2.45) is 5.92 Å². The van der Waals surface area contributed by atoms with Gasteiger partial charge in [0.2, 0.25) is 5.65 Å². The Morgan fingerprint density at radius 1 is 1.25 bits per heavy atom. The van der Waals surface area contributed by atoms with Gasteiger partial charge < -0.3 is 0 Å². The quantitative estimate of drug-likeness (QED) is 0.733. The summed E-state index contributed by atoms with van der Waals surface area (Å²) >= 11 is 6.15. The van der Waals surface area contributed by atoms with Gasteiger partial charge in [0.15, 0.2) is 0 Å². The summed E-state index contributed by atoms with van der Waals surface area (Å²) in [6.07, 6.45) is 6.59. The van der Waals surface area contributed by atoms with Gasteiger partial charge in [-0.15, -0.1) is 5.10 Å². The van der Waals surface area contributed by atoms with Crippen LogP contribution in [0.2, 0.25) is 5.02 Å². The Bertz CT molecular complexity index is 1040. The zero-order chi connectivity index (χ0) is 16.8. The first-order chi connectivity index (χ1) is 11.5. The molecule has 7 heteroatoms. The highest BCUT2D eigenvalue weighted by Gasteiger charge is 2.21. The average molecular weight is 345 g/mol. The monoisotopic (exact) mass is 344 g/mol. The van der Waals surface area contributed by atoms with Crippen LogP contribution in [0.4, 0.5) is 0 Å². The number of nitrogens with zero attached hydrogens (tertiary/aromatic N) is 4. The summed E-state index contributed by atoms with van der Waals surface area (Å²) in [5, 5.41) is 4.85. The molecular weight excluding hydrogens is 328 g/mol. The van der Waals surface area contributed by atoms with Crippen LogP contribution in [-0.2, 0) is 6.54 Å². The Kier molecular flexibility index (Phi) is 3.57. The highest BCUT2D eigenvalue weighted by molar-refractivity contribution is 6.31. The maximum atomic E-state index is 12.7. The van der Waals surface area contributed by atoms with E-state index in [4.69, 9.17) is 11.6 Å². The predicted octanol–water partition coefficient (Wildman–Crippen LogP) is 2.41. The summed E-state index contributed by atoms with van der Waals surface area (Å²) in [5.41, 5.74) is 1.14. The van der Waals surface area contributed by atoms with Gasteiger partial charge in [-0.05, 0) is 43.4 Å². The molecule has 0 amide bonds. The third-order valence-corrected chi connectivity index (χ3v) is 5.14. The van der Waals surface area contributed by atoms with Gasteiger partial charge in [0, 0.05) is 24.0 Å². The van der Waals surface area contributed by atoms with Crippen molar-refractivity contribution in [3.8, 4) is 5.69 Å². The number of halogens is 1. The van der Waals surface area contributed by atoms with E-state index in [1.807, 2.05) is 19.1 Å². The minimum atomic E-state index is -0.332. The number of hydrogen-bond donors (Lipinski definition) is 0. The van der Waals surface area contributed by atoms with Crippen molar-refractivity contribution >= 4 is 17.2 Å². The number of benzene rings is 1. The van der Waals surface area contributed by atoms with E-state index in [0.29, 0.717) is 23.2 Å². The summed E-state index contributed by atoms with van der Waals surface area (Å²) < 4.78 is 4.18. The van der Waals surface area contributed by atoms with Gasteiger partial charge in [0.25, 0.3) is 0 Å². The second-order valence-corrected chi connectivity index (χ2v) is 6.77. The molecule has 0 unspecified atom stereocenters. The third-order valence-electron chi connectivity index (χ3n) is 4.73. The molecule has 0 radical (unpaired) electrons. The normalized spacial score (nSPS) is 14.9. The molecule has 6 nitrogen and oxygen atoms in total. The Hall–Kier alpha value is -2.34. The van der Waals surface area contributed by atoms with Crippen molar-refractivity contribution in [3.63, 3.8) is 0 Å². The molecule has 1 fully saturated rings. The molecule has 2 heterocycles. The lowest BCUT2D eigenvalue weighted by atomic mass is 9.86. The fourth-order valence-corrected chi connectivity index (χ4v) is 3.16. The van der Waals surface area contributed by atoms with E-state index >= 15 is 0 Å². The molecule has 4 rings (SSSR count). The van der Waals surface area contributed by atoms with Crippen LogP contribution in [0.5, 0.6) is 0 Å². The molecule has 124 valence electrons. The van der Waals surface area contributed by atoms with Crippen LogP contribution in [0.1, 0.15) is 24.8 Å². The lowest BCUT2D eigenvalue weighted by Gasteiger charge is -2.24. The van der Waals surface area contributed by atoms with E-state index in [2.05, 4.69) is 5.10 Å². The van der Waals surface area contributed by atoms with Crippen LogP contribution in [0, 0.1) is 12.8 Å². The van der Waals surface area contributed by atoms with Gasteiger partial charge in [-0.3, -0.25) is 9.36 Å². The number of aryl methyl sites for hydroxylation is 1. The fourth-order valence-electron chi connectivity index (χ4n) is 2.98. The number of fused-ring (bicyclic) bond motifs is 1. The topological polar surface area (TPSA) is 61.3 Å². The van der Waals surface area contributed by atoms with Crippen molar-refractivity contribution in [3.05, 3.63) is 62.0 Å². The number of aromatic nitrogens is 4. The van der Waals surface area contributed by atoms with Crippen LogP contribution >= 0.6 is 11.6 Å². The maximum absolute atomic E-state index is 12.7. The molecule has 1 aliphatic carbocycles. The van der Waals surface area contributed by atoms with E-state index in [9.17, 15) is 9.59 Å². The smallest absolute Gasteiger partial charge is 0.280 e. The molecule has 0 bridgehead atoms. The minimum Gasteiger partial charge on any atom is -0.280 e. The molecule has 3 aromatic rings. The third kappa shape index (κ3) is 2.38. The van der Waals surface area contributed by atoms with Gasteiger partial charge in [-0.2, -0.15) is 0 Å². The molecule has 0 saturated heterocycles. The fraction of sp³-hybridized carbons (Fsp3) is 0.353. The van der Waals surface area contributed by atoms with Crippen molar-refractivity contribution in [2.45, 2.75) is 32.7 Å². The summed E-state index contributed by atoms with van der Waals surface area (Å²) in [4.78, 5) is 25.1. The molecule has 1 saturated carbocycles. The lowest BCUT2D eigenvalue weighted by molar-refractivity contribution is 0.263. The van der Waals surface area contributed by atoms with Crippen molar-refractivity contribution in [1.82, 2.24) is 18.7 Å². The zero-order valence-electron chi connectivity index (χ0n) is 13.3. The summed E-state index contributed by atoms with van der Waals surface area (Å²) in [6.45, 7) is 2.48. The highest BCUT2D eigenvalue weighted by Crippen LogP contribution is 2.27. The maximum Gasteiger partial charge on any atom is 0.350 e. The second-order valence-electron chi connectivity index (χ2n) is 6.36. The molecule has 1 aliphatic rings. The first-order valence-corrected chi connectivity index (χ1v) is 8.40. The molecule has 2 aromatic heterocycles. The summed E-state index contributed by atoms with van der Waals surface area (Å²) in [7, 11) is 0. The number of hydrogen-bond acceptors (Lipinski definition) is 3. The summed E-state index contributed by atoms with van der Waals surface area (Å²) in [5.74, 6) is 0.491. The molecule has 0 atom stereocenters. The van der Waals surface area contributed by atoms with Gasteiger partial charge in [-0.1, -0.05) is 24.1 Å². The Labute approximate surface area is 142 Å². The molecule has 24 heavy (non-hydrogen) atoms. The predicted molar refractivity (Wildman–Crippen MR) is 92.1 cm³/mol. The first kappa shape index (κ1) is 15.2. The first-order valence-electron chi connectivity index (χ1n) is 8.02. The minimum absolute atomic E-state index is 0.138. The molecule has 0 N–H and O–H groups in total. The van der Waals surface area contributed by atoms with Gasteiger partial charge in [0.05, 0.1) is 5.69 Å². The van der Waals surface area contributed by atoms with Crippen LogP contribution < -0.4 is 11.2 Å². The van der Waals surface area contributed by atoms with Crippen molar-refractivity contribution in [2.75, 3.05) is 0 Å². The number of rotatable bonds is 3. The van der Waals surface area contributed by atoms with E-state index in [-0.39, 0.29) is 16.9 Å². The Balaban J connectivity index is 1.83. The van der Waals surface area contributed by atoms with E-state index in [1.54, 1.807) is 18.5 Å². The highest BCUT2D eigenvalue weighted by atomic mass is 35.5. The largest absolute Gasteiger partial charge is 0.350 e. The SMILES string of the molecule is Cc1ccc(-n2ccn3c(=O)n(CC4CCC4)nc3c2=O)cc1Cl. The van der Waals surface area contributed by atoms with Crippen LogP contribution in [0.3, 0.4) is 0 Å². The van der Waals surface area contributed by atoms with Crippen LogP contribution in [0.15, 0.2) is 40.2 Å². The lowest BCUT2D eigenvalue weighted by Crippen LogP contribution is -2.28. The Morgan fingerprint density at radius 2 is 2.04 bits per heavy atom. The van der Waals surface area contributed by atoms with Gasteiger partial charge >= 0.3 is 11.2 Å². The van der Waals surface area contributed by atoms with Gasteiger partial charge in [0.1, 0.15) is 0 Å². The summed E-state index contributed by atoms with van der Waals surface area (Å²) in [6, 6.07) is 5.41. The average Bonchev–Trinajstić information content (AvgIpc) is 2.84. The second kappa shape index (κ2) is 5.63. The van der Waals surface area contributed by atoms with E-state index in [0.717, 1.165) is 18.4 Å². The molecule has 0 spiro atoms. The Morgan fingerprint density at radius 3 is 2.71 bits per heavy atom. The molecule has 0 aliphatic heterocycles. The van der Waals surface area contributed by atoms with Crippen LogP contribution in [-0.4, -0.2) is 18.7 Å². The van der Waals surface area contributed by atoms with Crippen molar-refractivity contribution in [1.29, 1.82) is 0 Å². The van der Waals surface area contributed by atoms with Crippen LogP contribution in [0.25, 0.3) is 11.3 Å². The van der Waals surface area contributed by atoms with Gasteiger partial charge in [-0.25, -0.2) is 13.9 Å². The molecular formula is C17H17ClN4O2. The van der Waals surface area contributed by atoms with E-state index in [1.165, 1.54) is 20.1 Å². The standard InChI is InChI=1S/C17H17ClN4O2/c1-11-5-6-13(9-14(11)18)20-7-8-21-15(16(20)23)19-22(17(21)24)10-12-3-2-4-12/h5-9,12H,2-4,10H2,1H3. The zero-order valence-corrected chi connectivity index (χ0v) is 14.0.